The first kappa shape index (κ1) is 18.1. The second-order valence-electron chi connectivity index (χ2n) is 7.49. The molecule has 1 aliphatic heterocycles. The van der Waals surface area contributed by atoms with Gasteiger partial charge in [-0.05, 0) is 41.6 Å². The summed E-state index contributed by atoms with van der Waals surface area (Å²) >= 11 is 1.51. The molecule has 27 heavy (non-hydrogen) atoms. The smallest absolute Gasteiger partial charge is 0.230 e. The molecule has 1 saturated heterocycles. The highest BCUT2D eigenvalue weighted by Crippen LogP contribution is 2.22. The highest BCUT2D eigenvalue weighted by molar-refractivity contribution is 7.13. The lowest BCUT2D eigenvalue weighted by atomic mass is 10.0. The third kappa shape index (κ3) is 4.54. The third-order valence-electron chi connectivity index (χ3n) is 5.16. The molecule has 0 radical (unpaired) electrons. The highest BCUT2D eigenvalue weighted by Gasteiger charge is 2.17. The van der Waals surface area contributed by atoms with Crippen molar-refractivity contribution in [2.45, 2.75) is 32.7 Å². The molecular weight excluding hydrogens is 354 g/mol. The van der Waals surface area contributed by atoms with E-state index in [1.54, 1.807) is 0 Å². The molecule has 140 valence electrons. The zero-order chi connectivity index (χ0) is 18.6. The summed E-state index contributed by atoms with van der Waals surface area (Å²) in [4.78, 5) is 19.6. The van der Waals surface area contributed by atoms with Crippen molar-refractivity contribution in [1.82, 2.24) is 9.88 Å². The molecule has 4 nitrogen and oxygen atoms in total. The Balaban J connectivity index is 1.38. The van der Waals surface area contributed by atoms with Crippen LogP contribution >= 0.6 is 11.3 Å². The number of piperidine rings is 1. The van der Waals surface area contributed by atoms with Crippen molar-refractivity contribution in [3.05, 3.63) is 59.1 Å². The minimum absolute atomic E-state index is 0.0150. The van der Waals surface area contributed by atoms with Crippen LogP contribution in [0, 0.1) is 5.92 Å². The number of nitrogens with zero attached hydrogens (tertiary/aromatic N) is 2. The fourth-order valence-electron chi connectivity index (χ4n) is 3.88. The molecule has 0 bridgehead atoms. The van der Waals surface area contributed by atoms with Crippen molar-refractivity contribution in [1.29, 1.82) is 0 Å². The van der Waals surface area contributed by atoms with Crippen LogP contribution < -0.4 is 5.32 Å². The van der Waals surface area contributed by atoms with Crippen LogP contribution in [0.3, 0.4) is 0 Å². The molecule has 0 saturated carbocycles. The van der Waals surface area contributed by atoms with E-state index in [0.29, 0.717) is 11.6 Å². The van der Waals surface area contributed by atoms with Gasteiger partial charge in [0.1, 0.15) is 0 Å². The lowest BCUT2D eigenvalue weighted by molar-refractivity contribution is -0.115. The van der Waals surface area contributed by atoms with Crippen LogP contribution in [0.1, 0.15) is 31.0 Å². The van der Waals surface area contributed by atoms with Crippen LogP contribution in [0.15, 0.2) is 47.8 Å². The summed E-state index contributed by atoms with van der Waals surface area (Å²) in [6, 6.07) is 14.3. The molecule has 1 aromatic heterocycles. The molecule has 5 heteroatoms. The molecule has 1 amide bonds. The molecule has 3 aromatic rings. The molecule has 0 spiro atoms. The Morgan fingerprint density at radius 2 is 2.11 bits per heavy atom. The van der Waals surface area contributed by atoms with Crippen LogP contribution in [0.4, 0.5) is 5.13 Å². The lowest BCUT2D eigenvalue weighted by Crippen LogP contribution is -2.33. The van der Waals surface area contributed by atoms with E-state index >= 15 is 0 Å². The van der Waals surface area contributed by atoms with Crippen molar-refractivity contribution in [3.63, 3.8) is 0 Å². The topological polar surface area (TPSA) is 45.2 Å². The monoisotopic (exact) mass is 379 g/mol. The molecule has 1 unspecified atom stereocenters. The van der Waals surface area contributed by atoms with E-state index in [1.165, 1.54) is 24.2 Å². The minimum atomic E-state index is -0.0150. The molecule has 1 N–H and O–H groups in total. The first-order valence-electron chi connectivity index (χ1n) is 9.60. The fourth-order valence-corrected chi connectivity index (χ4v) is 4.60. The van der Waals surface area contributed by atoms with Gasteiger partial charge in [0.15, 0.2) is 5.13 Å². The first-order valence-corrected chi connectivity index (χ1v) is 10.5. The summed E-state index contributed by atoms with van der Waals surface area (Å²) in [5.74, 6) is 0.746. The van der Waals surface area contributed by atoms with Crippen molar-refractivity contribution in [2.24, 2.45) is 5.92 Å². The quantitative estimate of drug-likeness (QED) is 0.698. The van der Waals surface area contributed by atoms with E-state index in [9.17, 15) is 4.79 Å². The molecule has 1 fully saturated rings. The van der Waals surface area contributed by atoms with Gasteiger partial charge in [0, 0.05) is 18.5 Å². The van der Waals surface area contributed by atoms with Gasteiger partial charge in [-0.25, -0.2) is 4.98 Å². The number of amides is 1. The van der Waals surface area contributed by atoms with E-state index in [-0.39, 0.29) is 5.91 Å². The lowest BCUT2D eigenvalue weighted by Gasteiger charge is -2.30. The van der Waals surface area contributed by atoms with Crippen LogP contribution in [0.5, 0.6) is 0 Å². The number of hydrogen-bond acceptors (Lipinski definition) is 4. The summed E-state index contributed by atoms with van der Waals surface area (Å²) < 4.78 is 0. The maximum absolute atomic E-state index is 12.5. The van der Waals surface area contributed by atoms with Crippen molar-refractivity contribution >= 4 is 33.1 Å². The molecule has 4 rings (SSSR count). The second kappa shape index (κ2) is 8.19. The molecule has 2 aromatic carbocycles. The molecular formula is C22H25N3OS. The van der Waals surface area contributed by atoms with Crippen molar-refractivity contribution in [3.8, 4) is 0 Å². The van der Waals surface area contributed by atoms with E-state index in [1.807, 2.05) is 24.3 Å². The Morgan fingerprint density at radius 1 is 1.26 bits per heavy atom. The van der Waals surface area contributed by atoms with E-state index in [2.05, 4.69) is 45.7 Å². The van der Waals surface area contributed by atoms with Gasteiger partial charge in [0.25, 0.3) is 0 Å². The number of benzene rings is 2. The number of anilines is 1. The second-order valence-corrected chi connectivity index (χ2v) is 8.35. The average molecular weight is 380 g/mol. The summed E-state index contributed by atoms with van der Waals surface area (Å²) in [5, 5.41) is 8.02. The van der Waals surface area contributed by atoms with Crippen LogP contribution in [0.2, 0.25) is 0 Å². The van der Waals surface area contributed by atoms with Crippen molar-refractivity contribution in [2.75, 3.05) is 18.4 Å². The summed E-state index contributed by atoms with van der Waals surface area (Å²) in [6.45, 7) is 5.47. The number of rotatable bonds is 5. The van der Waals surface area contributed by atoms with E-state index in [0.717, 1.165) is 47.6 Å². The number of hydrogen-bond donors (Lipinski definition) is 1. The average Bonchev–Trinajstić information content (AvgIpc) is 3.08. The van der Waals surface area contributed by atoms with Gasteiger partial charge in [0.2, 0.25) is 5.91 Å². The van der Waals surface area contributed by atoms with Crippen molar-refractivity contribution < 1.29 is 4.79 Å². The van der Waals surface area contributed by atoms with E-state index < -0.39 is 0 Å². The van der Waals surface area contributed by atoms with Crippen LogP contribution in [-0.4, -0.2) is 28.9 Å². The number of carbonyl (C=O) groups excluding carboxylic acids is 1. The molecule has 1 atom stereocenters. The van der Waals surface area contributed by atoms with Crippen LogP contribution in [-0.2, 0) is 17.8 Å². The standard InChI is InChI=1S/C22H25N3OS/c1-16-6-5-11-25(13-16)14-19-15-27-22(23-19)24-21(26)12-18-9-4-8-17-7-2-3-10-20(17)18/h2-4,7-10,15-16H,5-6,11-14H2,1H3,(H,23,24,26). The number of carbonyl (C=O) groups is 1. The van der Waals surface area contributed by atoms with Gasteiger partial charge < -0.3 is 5.32 Å². The van der Waals surface area contributed by atoms with Gasteiger partial charge in [0.05, 0.1) is 12.1 Å². The summed E-state index contributed by atoms with van der Waals surface area (Å²) in [6.07, 6.45) is 2.95. The minimum Gasteiger partial charge on any atom is -0.302 e. The zero-order valence-corrected chi connectivity index (χ0v) is 16.5. The van der Waals surface area contributed by atoms with Gasteiger partial charge in [-0.1, -0.05) is 49.4 Å². The predicted molar refractivity (Wildman–Crippen MR) is 112 cm³/mol. The summed E-state index contributed by atoms with van der Waals surface area (Å²) in [5.41, 5.74) is 2.10. The predicted octanol–water partition coefficient (Wildman–Crippen LogP) is 4.71. The maximum atomic E-state index is 12.5. The first-order chi connectivity index (χ1) is 13.2. The Morgan fingerprint density at radius 3 is 3.00 bits per heavy atom. The van der Waals surface area contributed by atoms with Gasteiger partial charge in [-0.2, -0.15) is 0 Å². The number of fused-ring (bicyclic) bond motifs is 1. The number of likely N-dealkylation sites (tertiary alicyclic amines) is 1. The fraction of sp³-hybridized carbons (Fsp3) is 0.364. The van der Waals surface area contributed by atoms with Gasteiger partial charge >= 0.3 is 0 Å². The Hall–Kier alpha value is -2.24. The van der Waals surface area contributed by atoms with Gasteiger partial charge in [-0.3, -0.25) is 9.69 Å². The van der Waals surface area contributed by atoms with Crippen LogP contribution in [0.25, 0.3) is 10.8 Å². The molecule has 2 heterocycles. The normalized spacial score (nSPS) is 17.9. The molecule has 0 aliphatic carbocycles. The highest BCUT2D eigenvalue weighted by atomic mass is 32.1. The largest absolute Gasteiger partial charge is 0.302 e. The third-order valence-corrected chi connectivity index (χ3v) is 5.96. The van der Waals surface area contributed by atoms with Gasteiger partial charge in [-0.15, -0.1) is 11.3 Å². The Bertz CT molecular complexity index is 931. The van der Waals surface area contributed by atoms with E-state index in [4.69, 9.17) is 0 Å². The SMILES string of the molecule is CC1CCCN(Cc2csc(NC(=O)Cc3cccc4ccccc34)n2)C1. The Kier molecular flexibility index (Phi) is 5.50. The number of nitrogens with one attached hydrogen (secondary N) is 1. The number of aromatic nitrogens is 1. The Labute approximate surface area is 164 Å². The molecule has 1 aliphatic rings. The zero-order valence-electron chi connectivity index (χ0n) is 15.6. The summed E-state index contributed by atoms with van der Waals surface area (Å²) in [7, 11) is 0. The maximum Gasteiger partial charge on any atom is 0.230 e. The number of thiazole rings is 1.